The number of alkyl halides is 1. The molecule has 1 aliphatic carbocycles. The molecule has 1 rings (SSSR count). The van der Waals surface area contributed by atoms with Crippen LogP contribution in [0.25, 0.3) is 0 Å². The van der Waals surface area contributed by atoms with Gasteiger partial charge in [-0.1, -0.05) is 25.2 Å². The van der Waals surface area contributed by atoms with Gasteiger partial charge in [0, 0.05) is 0 Å². The Morgan fingerprint density at radius 3 is 3.20 bits per heavy atom. The summed E-state index contributed by atoms with van der Waals surface area (Å²) in [5, 5.41) is 0. The highest BCUT2D eigenvalue weighted by Crippen LogP contribution is 2.19. The molecule has 1 aliphatic rings. The molecular formula is C9H13F. The van der Waals surface area contributed by atoms with Crippen LogP contribution in [-0.2, 0) is 0 Å². The Morgan fingerprint density at radius 2 is 2.50 bits per heavy atom. The Balaban J connectivity index is 2.63. The average molecular weight is 140 g/mol. The summed E-state index contributed by atoms with van der Waals surface area (Å²) < 4.78 is 13.0. The maximum absolute atomic E-state index is 13.0. The summed E-state index contributed by atoms with van der Waals surface area (Å²) in [6.07, 6.45) is 7.56. The van der Waals surface area contributed by atoms with E-state index < -0.39 is 6.17 Å². The molecule has 1 atom stereocenters. The molecule has 0 nitrogen and oxygen atoms in total. The van der Waals surface area contributed by atoms with Crippen LogP contribution in [0.2, 0.25) is 0 Å². The Labute approximate surface area is 61.4 Å². The average Bonchev–Trinajstić information content (AvgIpc) is 2.13. The zero-order valence-corrected chi connectivity index (χ0v) is 6.31. The van der Waals surface area contributed by atoms with Gasteiger partial charge in [-0.15, -0.1) is 0 Å². The summed E-state index contributed by atoms with van der Waals surface area (Å²) in [6, 6.07) is 0. The SMILES string of the molecule is CCC1=CC=CCCC1F. The lowest BCUT2D eigenvalue weighted by Gasteiger charge is -2.06. The van der Waals surface area contributed by atoms with E-state index in [1.165, 1.54) is 0 Å². The number of halogens is 1. The lowest BCUT2D eigenvalue weighted by Crippen LogP contribution is -2.01. The van der Waals surface area contributed by atoms with E-state index in [0.29, 0.717) is 6.42 Å². The second kappa shape index (κ2) is 3.55. The quantitative estimate of drug-likeness (QED) is 0.525. The minimum Gasteiger partial charge on any atom is -0.243 e. The molecule has 1 heteroatoms. The largest absolute Gasteiger partial charge is 0.243 e. The van der Waals surface area contributed by atoms with Crippen molar-refractivity contribution in [2.24, 2.45) is 0 Å². The van der Waals surface area contributed by atoms with Gasteiger partial charge in [-0.25, -0.2) is 4.39 Å². The van der Waals surface area contributed by atoms with Gasteiger partial charge < -0.3 is 0 Å². The van der Waals surface area contributed by atoms with Crippen LogP contribution < -0.4 is 0 Å². The van der Waals surface area contributed by atoms with E-state index in [0.717, 1.165) is 18.4 Å². The van der Waals surface area contributed by atoms with Gasteiger partial charge in [0.2, 0.25) is 0 Å². The molecule has 1 unspecified atom stereocenters. The summed E-state index contributed by atoms with van der Waals surface area (Å²) in [5.74, 6) is 0. The third-order valence-corrected chi connectivity index (χ3v) is 1.84. The Morgan fingerprint density at radius 1 is 1.70 bits per heavy atom. The first-order valence-corrected chi connectivity index (χ1v) is 3.84. The first kappa shape index (κ1) is 7.52. The Bertz CT molecular complexity index is 156. The maximum Gasteiger partial charge on any atom is 0.122 e. The standard InChI is InChI=1S/C9H13F/c1-2-8-6-4-3-5-7-9(8)10/h3-4,6,9H,2,5,7H2,1H3. The van der Waals surface area contributed by atoms with E-state index in [4.69, 9.17) is 0 Å². The molecule has 56 valence electrons. The lowest BCUT2D eigenvalue weighted by molar-refractivity contribution is 0.358. The summed E-state index contributed by atoms with van der Waals surface area (Å²) in [4.78, 5) is 0. The first-order valence-electron chi connectivity index (χ1n) is 3.84. The van der Waals surface area contributed by atoms with Crippen molar-refractivity contribution in [2.45, 2.75) is 32.4 Å². The zero-order valence-electron chi connectivity index (χ0n) is 6.31. The van der Waals surface area contributed by atoms with Crippen molar-refractivity contribution in [1.82, 2.24) is 0 Å². The van der Waals surface area contributed by atoms with Crippen molar-refractivity contribution < 1.29 is 4.39 Å². The smallest absolute Gasteiger partial charge is 0.122 e. The minimum absolute atomic E-state index is 0.663. The Hall–Kier alpha value is -0.590. The molecule has 0 saturated carbocycles. The summed E-state index contributed by atoms with van der Waals surface area (Å²) >= 11 is 0. The zero-order chi connectivity index (χ0) is 7.40. The van der Waals surface area contributed by atoms with E-state index >= 15 is 0 Å². The van der Waals surface area contributed by atoms with E-state index in [1.807, 2.05) is 25.2 Å². The van der Waals surface area contributed by atoms with Crippen molar-refractivity contribution in [3.05, 3.63) is 23.8 Å². The van der Waals surface area contributed by atoms with Gasteiger partial charge >= 0.3 is 0 Å². The van der Waals surface area contributed by atoms with Crippen LogP contribution >= 0.6 is 0 Å². The number of hydrogen-bond donors (Lipinski definition) is 0. The lowest BCUT2D eigenvalue weighted by atomic mass is 10.1. The number of allylic oxidation sites excluding steroid dienone is 4. The highest BCUT2D eigenvalue weighted by Gasteiger charge is 2.10. The van der Waals surface area contributed by atoms with Crippen molar-refractivity contribution in [2.75, 3.05) is 0 Å². The summed E-state index contributed by atoms with van der Waals surface area (Å²) in [6.45, 7) is 2.00. The first-order chi connectivity index (χ1) is 4.84. The molecule has 0 fully saturated rings. The molecule has 0 N–H and O–H groups in total. The second-order valence-electron chi connectivity index (χ2n) is 2.57. The fourth-order valence-electron chi connectivity index (χ4n) is 1.16. The van der Waals surface area contributed by atoms with Gasteiger partial charge in [0.25, 0.3) is 0 Å². The summed E-state index contributed by atoms with van der Waals surface area (Å²) in [7, 11) is 0. The van der Waals surface area contributed by atoms with Crippen molar-refractivity contribution in [1.29, 1.82) is 0 Å². The highest BCUT2D eigenvalue weighted by atomic mass is 19.1. The maximum atomic E-state index is 13.0. The molecule has 0 bridgehead atoms. The van der Waals surface area contributed by atoms with Crippen LogP contribution in [0.3, 0.4) is 0 Å². The third-order valence-electron chi connectivity index (χ3n) is 1.84. The third kappa shape index (κ3) is 1.69. The fourth-order valence-corrected chi connectivity index (χ4v) is 1.16. The van der Waals surface area contributed by atoms with Gasteiger partial charge in [0.05, 0.1) is 0 Å². The molecule has 0 spiro atoms. The molecule has 0 radical (unpaired) electrons. The molecule has 0 aromatic heterocycles. The van der Waals surface area contributed by atoms with Crippen LogP contribution in [0.15, 0.2) is 23.8 Å². The molecule has 0 amide bonds. The number of hydrogen-bond acceptors (Lipinski definition) is 0. The van der Waals surface area contributed by atoms with Gasteiger partial charge in [0.1, 0.15) is 6.17 Å². The molecule has 0 aromatic rings. The van der Waals surface area contributed by atoms with Crippen molar-refractivity contribution in [3.63, 3.8) is 0 Å². The van der Waals surface area contributed by atoms with Crippen LogP contribution in [0.4, 0.5) is 4.39 Å². The predicted molar refractivity (Wildman–Crippen MR) is 41.6 cm³/mol. The monoisotopic (exact) mass is 140 g/mol. The fraction of sp³-hybridized carbons (Fsp3) is 0.556. The van der Waals surface area contributed by atoms with Crippen molar-refractivity contribution >= 4 is 0 Å². The predicted octanol–water partition coefficient (Wildman–Crippen LogP) is 3.01. The van der Waals surface area contributed by atoms with Crippen LogP contribution in [0, 0.1) is 0 Å². The molecule has 0 aliphatic heterocycles. The molecule has 0 aromatic carbocycles. The van der Waals surface area contributed by atoms with E-state index in [1.54, 1.807) is 0 Å². The normalized spacial score (nSPS) is 25.8. The van der Waals surface area contributed by atoms with Crippen molar-refractivity contribution in [3.8, 4) is 0 Å². The van der Waals surface area contributed by atoms with Crippen LogP contribution in [0.1, 0.15) is 26.2 Å². The highest BCUT2D eigenvalue weighted by molar-refractivity contribution is 5.18. The molecule has 10 heavy (non-hydrogen) atoms. The molecular weight excluding hydrogens is 127 g/mol. The minimum atomic E-state index is -0.694. The van der Waals surface area contributed by atoms with Crippen LogP contribution in [0.5, 0.6) is 0 Å². The molecule has 0 saturated heterocycles. The summed E-state index contributed by atoms with van der Waals surface area (Å²) in [5.41, 5.74) is 0.939. The Kier molecular flexibility index (Phi) is 2.67. The molecule has 0 heterocycles. The van der Waals surface area contributed by atoms with E-state index in [9.17, 15) is 4.39 Å². The van der Waals surface area contributed by atoms with Crippen LogP contribution in [-0.4, -0.2) is 6.17 Å². The van der Waals surface area contributed by atoms with Gasteiger partial charge in [0.15, 0.2) is 0 Å². The second-order valence-corrected chi connectivity index (χ2v) is 2.57. The van der Waals surface area contributed by atoms with E-state index in [2.05, 4.69) is 0 Å². The van der Waals surface area contributed by atoms with Gasteiger partial charge in [-0.05, 0) is 24.8 Å². The van der Waals surface area contributed by atoms with Gasteiger partial charge in [-0.3, -0.25) is 0 Å². The van der Waals surface area contributed by atoms with Gasteiger partial charge in [-0.2, -0.15) is 0 Å². The number of rotatable bonds is 1. The van der Waals surface area contributed by atoms with E-state index in [-0.39, 0.29) is 0 Å². The topological polar surface area (TPSA) is 0 Å².